The first kappa shape index (κ1) is 25.5. The number of benzene rings is 2. The summed E-state index contributed by atoms with van der Waals surface area (Å²) >= 11 is 0. The van der Waals surface area contributed by atoms with Gasteiger partial charge >= 0.3 is 11.6 Å². The van der Waals surface area contributed by atoms with Crippen LogP contribution in [0.25, 0.3) is 22.3 Å². The SMILES string of the molecule is C[C@H](CO)Nc1n[nH]c2ncnc(Oc3ccc(NC(=O)c4cccc(-c5ccc(F)cc5)[n+]4O)cc3F)c12. The zero-order valence-corrected chi connectivity index (χ0v) is 20.4. The molecule has 5 N–H and O–H groups in total. The molecule has 0 aliphatic heterocycles. The second kappa shape index (κ2) is 10.7. The number of aromatic amines is 1. The van der Waals surface area contributed by atoms with Crippen molar-refractivity contribution in [1.82, 2.24) is 20.2 Å². The summed E-state index contributed by atoms with van der Waals surface area (Å²) in [6, 6.07) is 13.4. The molecule has 5 rings (SSSR count). The minimum absolute atomic E-state index is 0.0241. The highest BCUT2D eigenvalue weighted by atomic mass is 19.1. The molecule has 0 aliphatic carbocycles. The van der Waals surface area contributed by atoms with E-state index in [1.165, 1.54) is 48.8 Å². The molecule has 39 heavy (non-hydrogen) atoms. The van der Waals surface area contributed by atoms with E-state index >= 15 is 4.39 Å². The van der Waals surface area contributed by atoms with E-state index in [0.717, 1.165) is 6.07 Å². The third-order valence-corrected chi connectivity index (χ3v) is 5.71. The molecule has 0 bridgehead atoms. The predicted molar refractivity (Wildman–Crippen MR) is 135 cm³/mol. The van der Waals surface area contributed by atoms with Crippen LogP contribution in [0.1, 0.15) is 17.4 Å². The zero-order chi connectivity index (χ0) is 27.5. The number of halogens is 2. The van der Waals surface area contributed by atoms with E-state index in [2.05, 4.69) is 30.8 Å². The Morgan fingerprint density at radius 2 is 1.92 bits per heavy atom. The van der Waals surface area contributed by atoms with Gasteiger partial charge in [-0.3, -0.25) is 15.1 Å². The smallest absolute Gasteiger partial charge is 0.325 e. The summed E-state index contributed by atoms with van der Waals surface area (Å²) in [5.41, 5.74) is 1.07. The first-order valence-corrected chi connectivity index (χ1v) is 11.7. The van der Waals surface area contributed by atoms with Crippen LogP contribution in [0.3, 0.4) is 0 Å². The standard InChI is InChI=1S/C26H21F2N7O4/c1-14(12-36)31-24-22-23(33-34-24)29-13-30-26(22)39-21-10-9-17(11-18(21)28)32-25(37)20-4-2-3-19(35(20)38)15-5-7-16(27)8-6-15/h2-11,13-14,32,36-38H,12H2,1H3/p+1/t14-/m1/s1. The zero-order valence-electron chi connectivity index (χ0n) is 20.4. The van der Waals surface area contributed by atoms with Crippen LogP contribution in [-0.4, -0.2) is 49.0 Å². The number of carbonyl (C=O) groups excluding carboxylic acids is 1. The molecule has 1 atom stereocenters. The third-order valence-electron chi connectivity index (χ3n) is 5.71. The quantitative estimate of drug-likeness (QED) is 0.150. The van der Waals surface area contributed by atoms with Gasteiger partial charge in [0, 0.05) is 34.7 Å². The van der Waals surface area contributed by atoms with E-state index in [0.29, 0.717) is 27.1 Å². The highest BCUT2D eigenvalue weighted by Gasteiger charge is 2.25. The van der Waals surface area contributed by atoms with Crippen LogP contribution < -0.4 is 20.1 Å². The monoisotopic (exact) mass is 534 g/mol. The lowest BCUT2D eigenvalue weighted by molar-refractivity contribution is -0.897. The number of aliphatic hydroxyl groups is 1. The van der Waals surface area contributed by atoms with Gasteiger partial charge in [-0.25, -0.2) is 18.7 Å². The number of aliphatic hydroxyl groups excluding tert-OH is 1. The Hall–Kier alpha value is -5.17. The van der Waals surface area contributed by atoms with E-state index in [1.807, 2.05) is 0 Å². The molecule has 0 saturated carbocycles. The molecule has 0 unspecified atom stereocenters. The van der Waals surface area contributed by atoms with E-state index in [4.69, 9.17) is 4.74 Å². The molecule has 3 heterocycles. The summed E-state index contributed by atoms with van der Waals surface area (Å²) in [6.07, 6.45) is 1.23. The number of amides is 1. The Morgan fingerprint density at radius 3 is 2.67 bits per heavy atom. The van der Waals surface area contributed by atoms with Crippen molar-refractivity contribution < 1.29 is 33.4 Å². The summed E-state index contributed by atoms with van der Waals surface area (Å²) in [5, 5.41) is 32.7. The van der Waals surface area contributed by atoms with E-state index in [1.54, 1.807) is 19.1 Å². The van der Waals surface area contributed by atoms with Gasteiger partial charge in [0.25, 0.3) is 5.69 Å². The van der Waals surface area contributed by atoms with Gasteiger partial charge in [0.2, 0.25) is 5.88 Å². The topological polar surface area (TPSA) is 149 Å². The second-order valence-electron chi connectivity index (χ2n) is 8.52. The van der Waals surface area contributed by atoms with Crippen LogP contribution in [0.15, 0.2) is 67.0 Å². The van der Waals surface area contributed by atoms with Crippen molar-refractivity contribution in [2.75, 3.05) is 17.2 Å². The lowest BCUT2D eigenvalue weighted by Gasteiger charge is -2.12. The summed E-state index contributed by atoms with van der Waals surface area (Å²) < 4.78 is 34.6. The summed E-state index contributed by atoms with van der Waals surface area (Å²) in [4.78, 5) is 21.0. The molecule has 0 saturated heterocycles. The molecule has 2 aromatic carbocycles. The molecule has 13 heteroatoms. The van der Waals surface area contributed by atoms with Crippen LogP contribution in [0.4, 0.5) is 20.3 Å². The number of ether oxygens (including phenoxy) is 1. The van der Waals surface area contributed by atoms with Gasteiger partial charge in [-0.2, -0.15) is 5.10 Å². The fourth-order valence-electron chi connectivity index (χ4n) is 3.77. The lowest BCUT2D eigenvalue weighted by Crippen LogP contribution is -2.41. The lowest BCUT2D eigenvalue weighted by atomic mass is 10.1. The van der Waals surface area contributed by atoms with E-state index in [9.17, 15) is 19.5 Å². The molecule has 11 nitrogen and oxygen atoms in total. The minimum atomic E-state index is -0.793. The number of nitrogens with zero attached hydrogens (tertiary/aromatic N) is 4. The Labute approximate surface area is 219 Å². The molecule has 0 aliphatic rings. The number of carbonyl (C=O) groups is 1. The molecule has 0 spiro atoms. The van der Waals surface area contributed by atoms with Crippen molar-refractivity contribution in [3.05, 3.63) is 84.3 Å². The van der Waals surface area contributed by atoms with E-state index in [-0.39, 0.29) is 41.4 Å². The van der Waals surface area contributed by atoms with Gasteiger partial charge in [0.1, 0.15) is 17.5 Å². The number of H-pyrrole nitrogens is 1. The summed E-state index contributed by atoms with van der Waals surface area (Å²) in [7, 11) is 0. The molecular weight excluding hydrogens is 512 g/mol. The molecule has 0 radical (unpaired) electrons. The Balaban J connectivity index is 1.36. The average Bonchev–Trinajstić information content (AvgIpc) is 3.34. The fourth-order valence-corrected chi connectivity index (χ4v) is 3.77. The van der Waals surface area contributed by atoms with Gasteiger partial charge in [-0.15, -0.1) is 0 Å². The molecule has 0 fully saturated rings. The van der Waals surface area contributed by atoms with Gasteiger partial charge in [-0.05, 0) is 49.4 Å². The molecule has 5 aromatic rings. The van der Waals surface area contributed by atoms with E-state index < -0.39 is 17.5 Å². The predicted octanol–water partition coefficient (Wildman–Crippen LogP) is 3.66. The van der Waals surface area contributed by atoms with Crippen LogP contribution in [-0.2, 0) is 0 Å². The van der Waals surface area contributed by atoms with Crippen molar-refractivity contribution in [2.45, 2.75) is 13.0 Å². The summed E-state index contributed by atoms with van der Waals surface area (Å²) in [5.74, 6) is -1.76. The largest absolute Gasteiger partial charge is 0.435 e. The molecule has 198 valence electrons. The van der Waals surface area contributed by atoms with Crippen molar-refractivity contribution in [3.8, 4) is 22.9 Å². The average molecular weight is 535 g/mol. The first-order valence-electron chi connectivity index (χ1n) is 11.7. The van der Waals surface area contributed by atoms with Gasteiger partial charge in [0.05, 0.1) is 12.2 Å². The minimum Gasteiger partial charge on any atom is -0.435 e. The van der Waals surface area contributed by atoms with Crippen molar-refractivity contribution in [1.29, 1.82) is 0 Å². The maximum Gasteiger partial charge on any atom is 0.325 e. The van der Waals surface area contributed by atoms with Crippen molar-refractivity contribution >= 4 is 28.4 Å². The second-order valence-corrected chi connectivity index (χ2v) is 8.52. The normalized spacial score (nSPS) is 11.8. The van der Waals surface area contributed by atoms with Crippen LogP contribution in [0, 0.1) is 11.6 Å². The number of hydrogen-bond acceptors (Lipinski definition) is 8. The number of fused-ring (bicyclic) bond motifs is 1. The number of pyridine rings is 1. The summed E-state index contributed by atoms with van der Waals surface area (Å²) in [6.45, 7) is 1.60. The molecule has 3 aromatic heterocycles. The van der Waals surface area contributed by atoms with Crippen LogP contribution >= 0.6 is 0 Å². The first-order chi connectivity index (χ1) is 18.8. The number of aromatic nitrogens is 5. The maximum absolute atomic E-state index is 15.0. The maximum atomic E-state index is 15.0. The van der Waals surface area contributed by atoms with Crippen molar-refractivity contribution in [3.63, 3.8) is 0 Å². The number of rotatable bonds is 8. The molecule has 1 amide bonds. The van der Waals surface area contributed by atoms with Gasteiger partial charge in [-0.1, -0.05) is 0 Å². The highest BCUT2D eigenvalue weighted by molar-refractivity contribution is 6.02. The fraction of sp³-hybridized carbons (Fsp3) is 0.115. The Kier molecular flexibility index (Phi) is 6.97. The Morgan fingerprint density at radius 1 is 1.13 bits per heavy atom. The van der Waals surface area contributed by atoms with Crippen molar-refractivity contribution in [2.24, 2.45) is 0 Å². The third kappa shape index (κ3) is 5.29. The number of hydrogen-bond donors (Lipinski definition) is 5. The van der Waals surface area contributed by atoms with Crippen LogP contribution in [0.5, 0.6) is 11.6 Å². The van der Waals surface area contributed by atoms with Gasteiger partial charge in [0.15, 0.2) is 23.0 Å². The molecular formula is C26H22F2N7O4+. The Bertz CT molecular complexity index is 1660. The van der Waals surface area contributed by atoms with Gasteiger partial charge < -0.3 is 20.5 Å². The highest BCUT2D eigenvalue weighted by Crippen LogP contribution is 2.33. The number of nitrogens with one attached hydrogen (secondary N) is 3. The number of anilines is 2. The van der Waals surface area contributed by atoms with Crippen LogP contribution in [0.2, 0.25) is 0 Å².